The molecule has 1 aliphatic heterocycles. The fourth-order valence-electron chi connectivity index (χ4n) is 3.66. The van der Waals surface area contributed by atoms with Gasteiger partial charge in [-0.1, -0.05) is 18.2 Å². The number of esters is 1. The van der Waals surface area contributed by atoms with Crippen LogP contribution in [0.15, 0.2) is 48.5 Å². The molecular formula is C22H22N2O5. The molecule has 2 atom stereocenters. The summed E-state index contributed by atoms with van der Waals surface area (Å²) in [5.41, 5.74) is 1.35. The smallest absolute Gasteiger partial charge is 0.312 e. The third-order valence-corrected chi connectivity index (χ3v) is 4.99. The molecule has 1 saturated heterocycles. The van der Waals surface area contributed by atoms with Gasteiger partial charge in [-0.25, -0.2) is 0 Å². The van der Waals surface area contributed by atoms with Crippen LogP contribution in [0, 0.1) is 17.2 Å². The molecule has 0 bridgehead atoms. The lowest BCUT2D eigenvalue weighted by atomic mass is 9.83. The summed E-state index contributed by atoms with van der Waals surface area (Å²) < 4.78 is 15.8. The number of rotatable bonds is 6. The second-order valence-electron chi connectivity index (χ2n) is 6.56. The van der Waals surface area contributed by atoms with Crippen molar-refractivity contribution in [1.29, 1.82) is 5.26 Å². The van der Waals surface area contributed by atoms with Crippen LogP contribution in [-0.4, -0.2) is 32.7 Å². The van der Waals surface area contributed by atoms with E-state index in [-0.39, 0.29) is 18.9 Å². The molecule has 7 heteroatoms. The van der Waals surface area contributed by atoms with Gasteiger partial charge in [0.2, 0.25) is 5.91 Å². The molecule has 0 radical (unpaired) electrons. The maximum absolute atomic E-state index is 13.0. The minimum absolute atomic E-state index is 0.101. The van der Waals surface area contributed by atoms with Crippen LogP contribution in [-0.2, 0) is 14.3 Å². The number of hydrogen-bond acceptors (Lipinski definition) is 6. The average molecular weight is 394 g/mol. The Balaban J connectivity index is 2.10. The predicted molar refractivity (Wildman–Crippen MR) is 106 cm³/mol. The first-order valence-corrected chi connectivity index (χ1v) is 9.23. The van der Waals surface area contributed by atoms with Crippen molar-refractivity contribution in [1.82, 2.24) is 0 Å². The minimum atomic E-state index is -0.626. The molecule has 0 unspecified atom stereocenters. The summed E-state index contributed by atoms with van der Waals surface area (Å²) in [5, 5.41) is 8.78. The van der Waals surface area contributed by atoms with Crippen molar-refractivity contribution in [2.45, 2.75) is 18.9 Å². The molecule has 3 rings (SSSR count). The number of anilines is 1. The first-order valence-electron chi connectivity index (χ1n) is 9.23. The van der Waals surface area contributed by atoms with Crippen LogP contribution in [0.5, 0.6) is 11.5 Å². The van der Waals surface area contributed by atoms with E-state index >= 15 is 0 Å². The molecule has 1 fully saturated rings. The number of carbonyl (C=O) groups excluding carboxylic acids is 2. The number of benzene rings is 2. The number of hydrogen-bond donors (Lipinski definition) is 0. The molecule has 0 N–H and O–H groups in total. The lowest BCUT2D eigenvalue weighted by Crippen LogP contribution is -2.46. The first-order chi connectivity index (χ1) is 14.1. The van der Waals surface area contributed by atoms with E-state index in [4.69, 9.17) is 19.5 Å². The molecule has 1 amide bonds. The molecule has 0 spiro atoms. The Labute approximate surface area is 169 Å². The summed E-state index contributed by atoms with van der Waals surface area (Å²) in [6.07, 6.45) is 0.530. The third-order valence-electron chi connectivity index (χ3n) is 4.99. The monoisotopic (exact) mass is 394 g/mol. The fraction of sp³-hybridized carbons (Fsp3) is 0.318. The van der Waals surface area contributed by atoms with Crippen molar-refractivity contribution in [3.63, 3.8) is 0 Å². The van der Waals surface area contributed by atoms with Gasteiger partial charge in [-0.05, 0) is 36.8 Å². The summed E-state index contributed by atoms with van der Waals surface area (Å²) in [6.45, 7) is -0.329. The van der Waals surface area contributed by atoms with E-state index < -0.39 is 17.9 Å². The SMILES string of the molecule is COc1ccc(N2C(=O)CC[C@@H](C(=O)OCC#N)[C@@H]2c2ccccc2OC)cc1. The summed E-state index contributed by atoms with van der Waals surface area (Å²) in [5.74, 6) is 0.00384. The fourth-order valence-corrected chi connectivity index (χ4v) is 3.66. The van der Waals surface area contributed by atoms with Crippen molar-refractivity contribution in [2.24, 2.45) is 5.92 Å². The van der Waals surface area contributed by atoms with E-state index in [1.807, 2.05) is 24.3 Å². The van der Waals surface area contributed by atoms with Gasteiger partial charge in [-0.15, -0.1) is 0 Å². The first kappa shape index (κ1) is 20.2. The normalized spacial score (nSPS) is 18.7. The maximum atomic E-state index is 13.0. The number of amides is 1. The third kappa shape index (κ3) is 4.16. The lowest BCUT2D eigenvalue weighted by Gasteiger charge is -2.40. The highest BCUT2D eigenvalue weighted by Gasteiger charge is 2.43. The van der Waals surface area contributed by atoms with Gasteiger partial charge in [-0.2, -0.15) is 5.26 Å². The van der Waals surface area contributed by atoms with Crippen LogP contribution in [0.1, 0.15) is 24.4 Å². The predicted octanol–water partition coefficient (Wildman–Crippen LogP) is 3.25. The Morgan fingerprint density at radius 2 is 1.86 bits per heavy atom. The molecule has 150 valence electrons. The van der Waals surface area contributed by atoms with Crippen molar-refractivity contribution in [2.75, 3.05) is 25.7 Å². The molecule has 1 heterocycles. The van der Waals surface area contributed by atoms with Crippen LogP contribution in [0.4, 0.5) is 5.69 Å². The number of para-hydroxylation sites is 1. The summed E-state index contributed by atoms with van der Waals surface area (Å²) >= 11 is 0. The molecule has 0 saturated carbocycles. The number of piperidine rings is 1. The van der Waals surface area contributed by atoms with Crippen LogP contribution < -0.4 is 14.4 Å². The molecule has 0 aromatic heterocycles. The highest BCUT2D eigenvalue weighted by atomic mass is 16.5. The van der Waals surface area contributed by atoms with Crippen LogP contribution in [0.2, 0.25) is 0 Å². The van der Waals surface area contributed by atoms with E-state index in [9.17, 15) is 9.59 Å². The van der Waals surface area contributed by atoms with Gasteiger partial charge < -0.3 is 19.1 Å². The number of carbonyl (C=O) groups is 2. The number of nitrogens with zero attached hydrogens (tertiary/aromatic N) is 2. The van der Waals surface area contributed by atoms with E-state index in [0.717, 1.165) is 0 Å². The van der Waals surface area contributed by atoms with Crippen molar-refractivity contribution >= 4 is 17.6 Å². The van der Waals surface area contributed by atoms with Gasteiger partial charge in [-0.3, -0.25) is 9.59 Å². The Hall–Kier alpha value is -3.53. The lowest BCUT2D eigenvalue weighted by molar-refractivity contribution is -0.149. The van der Waals surface area contributed by atoms with E-state index in [1.54, 1.807) is 49.5 Å². The Morgan fingerprint density at radius 1 is 1.14 bits per heavy atom. The van der Waals surface area contributed by atoms with Gasteiger partial charge in [0, 0.05) is 17.7 Å². The Bertz CT molecular complexity index is 920. The Morgan fingerprint density at radius 3 is 2.52 bits per heavy atom. The highest BCUT2D eigenvalue weighted by molar-refractivity contribution is 5.97. The van der Waals surface area contributed by atoms with Gasteiger partial charge in [0.25, 0.3) is 0 Å². The quantitative estimate of drug-likeness (QED) is 0.699. The molecule has 1 aliphatic rings. The topological polar surface area (TPSA) is 88.9 Å². The van der Waals surface area contributed by atoms with Crippen molar-refractivity contribution in [3.05, 3.63) is 54.1 Å². The zero-order valence-corrected chi connectivity index (χ0v) is 16.3. The molecule has 0 aliphatic carbocycles. The van der Waals surface area contributed by atoms with Crippen molar-refractivity contribution in [3.8, 4) is 17.6 Å². The van der Waals surface area contributed by atoms with Gasteiger partial charge in [0.1, 0.15) is 17.6 Å². The van der Waals surface area contributed by atoms with Gasteiger partial charge in [0.05, 0.1) is 26.2 Å². The molecule has 2 aromatic rings. The van der Waals surface area contributed by atoms with Gasteiger partial charge >= 0.3 is 5.97 Å². The zero-order chi connectivity index (χ0) is 20.8. The second-order valence-corrected chi connectivity index (χ2v) is 6.56. The van der Waals surface area contributed by atoms with Crippen LogP contribution >= 0.6 is 0 Å². The molecule has 7 nitrogen and oxygen atoms in total. The number of nitriles is 1. The Kier molecular flexibility index (Phi) is 6.35. The summed E-state index contributed by atoms with van der Waals surface area (Å²) in [7, 11) is 3.12. The molecule has 29 heavy (non-hydrogen) atoms. The standard InChI is InChI=1S/C22H22N2O5/c1-27-16-9-7-15(8-10-16)24-20(25)12-11-18(22(26)29-14-13-23)21(24)17-5-3-4-6-19(17)28-2/h3-10,18,21H,11-12,14H2,1-2H3/t18-,21+/m1/s1. The second kappa shape index (κ2) is 9.11. The van der Waals surface area contributed by atoms with Crippen LogP contribution in [0.25, 0.3) is 0 Å². The van der Waals surface area contributed by atoms with Crippen LogP contribution in [0.3, 0.4) is 0 Å². The van der Waals surface area contributed by atoms with Crippen molar-refractivity contribution < 1.29 is 23.8 Å². The largest absolute Gasteiger partial charge is 0.497 e. The highest BCUT2D eigenvalue weighted by Crippen LogP contribution is 2.43. The van der Waals surface area contributed by atoms with E-state index in [0.29, 0.717) is 29.2 Å². The molecule has 2 aromatic carbocycles. The maximum Gasteiger partial charge on any atom is 0.312 e. The average Bonchev–Trinajstić information content (AvgIpc) is 2.77. The number of methoxy groups -OCH3 is 2. The van der Waals surface area contributed by atoms with Gasteiger partial charge in [0.15, 0.2) is 6.61 Å². The van der Waals surface area contributed by atoms with E-state index in [2.05, 4.69) is 0 Å². The zero-order valence-electron chi connectivity index (χ0n) is 16.3. The molecular weight excluding hydrogens is 372 g/mol. The van der Waals surface area contributed by atoms with E-state index in [1.165, 1.54) is 0 Å². The number of ether oxygens (including phenoxy) is 3. The summed E-state index contributed by atoms with van der Waals surface area (Å²) in [6, 6.07) is 15.6. The summed E-state index contributed by atoms with van der Waals surface area (Å²) in [4.78, 5) is 27.3. The minimum Gasteiger partial charge on any atom is -0.497 e.